The van der Waals surface area contributed by atoms with Gasteiger partial charge in [0.05, 0.1) is 5.56 Å². The van der Waals surface area contributed by atoms with Crippen LogP contribution >= 0.6 is 12.2 Å². The minimum absolute atomic E-state index is 0.371. The lowest BCUT2D eigenvalue weighted by atomic mass is 10.1. The van der Waals surface area contributed by atoms with Crippen LogP contribution in [0.1, 0.15) is 16.7 Å². The van der Waals surface area contributed by atoms with Crippen LogP contribution in [0.15, 0.2) is 42.6 Å². The molecule has 18 heavy (non-hydrogen) atoms. The molecular formula is C14H15N3S. The van der Waals surface area contributed by atoms with Gasteiger partial charge in [0.1, 0.15) is 10.8 Å². The first-order valence-corrected chi connectivity index (χ1v) is 6.12. The number of benzene rings is 1. The smallest absolute Gasteiger partial charge is 0.136 e. The molecule has 4 heteroatoms. The fourth-order valence-electron chi connectivity index (χ4n) is 1.78. The van der Waals surface area contributed by atoms with Gasteiger partial charge in [0.15, 0.2) is 0 Å². The molecule has 3 nitrogen and oxygen atoms in total. The summed E-state index contributed by atoms with van der Waals surface area (Å²) in [5, 5.41) is 3.27. The standard InChI is InChI=1S/C14H15N3S/c1-10-7-8-16-14(12(10)13(15)18)17-9-11-5-3-2-4-6-11/h2-8H,9H2,1H3,(H2,15,18)(H,16,17). The second-order valence-electron chi connectivity index (χ2n) is 4.05. The normalized spacial score (nSPS) is 10.1. The van der Waals surface area contributed by atoms with Gasteiger partial charge >= 0.3 is 0 Å². The summed E-state index contributed by atoms with van der Waals surface area (Å²) >= 11 is 5.07. The van der Waals surface area contributed by atoms with Crippen molar-refractivity contribution in [3.8, 4) is 0 Å². The lowest BCUT2D eigenvalue weighted by Gasteiger charge is -2.12. The molecule has 1 aromatic heterocycles. The quantitative estimate of drug-likeness (QED) is 0.827. The molecule has 2 rings (SSSR count). The number of hydrogen-bond acceptors (Lipinski definition) is 3. The summed E-state index contributed by atoms with van der Waals surface area (Å²) in [5.41, 5.74) is 8.78. The van der Waals surface area contributed by atoms with Crippen molar-refractivity contribution in [3.05, 3.63) is 59.3 Å². The Morgan fingerprint density at radius 3 is 2.67 bits per heavy atom. The minimum Gasteiger partial charge on any atom is -0.389 e. The number of pyridine rings is 1. The van der Waals surface area contributed by atoms with Gasteiger partial charge in [0.25, 0.3) is 0 Å². The van der Waals surface area contributed by atoms with Crippen molar-refractivity contribution < 1.29 is 0 Å². The maximum absolute atomic E-state index is 5.74. The molecular weight excluding hydrogens is 242 g/mol. The van der Waals surface area contributed by atoms with Gasteiger partial charge in [0, 0.05) is 12.7 Å². The largest absolute Gasteiger partial charge is 0.389 e. The molecule has 0 amide bonds. The molecule has 0 aliphatic heterocycles. The van der Waals surface area contributed by atoms with E-state index in [1.165, 1.54) is 5.56 Å². The third-order valence-corrected chi connectivity index (χ3v) is 2.91. The average Bonchev–Trinajstić information content (AvgIpc) is 2.37. The predicted octanol–water partition coefficient (Wildman–Crippen LogP) is 2.64. The van der Waals surface area contributed by atoms with E-state index < -0.39 is 0 Å². The molecule has 0 bridgehead atoms. The third-order valence-electron chi connectivity index (χ3n) is 2.71. The molecule has 0 saturated heterocycles. The van der Waals surface area contributed by atoms with E-state index in [1.54, 1.807) is 6.20 Å². The molecule has 2 aromatic rings. The van der Waals surface area contributed by atoms with E-state index in [9.17, 15) is 0 Å². The van der Waals surface area contributed by atoms with E-state index in [4.69, 9.17) is 18.0 Å². The van der Waals surface area contributed by atoms with Crippen molar-refractivity contribution in [3.63, 3.8) is 0 Å². The van der Waals surface area contributed by atoms with E-state index >= 15 is 0 Å². The lowest BCUT2D eigenvalue weighted by Crippen LogP contribution is -2.16. The Labute approximate surface area is 112 Å². The molecule has 0 aliphatic rings. The van der Waals surface area contributed by atoms with Gasteiger partial charge in [-0.15, -0.1) is 0 Å². The van der Waals surface area contributed by atoms with Crippen molar-refractivity contribution in [1.29, 1.82) is 0 Å². The van der Waals surface area contributed by atoms with Crippen LogP contribution in [0.25, 0.3) is 0 Å². The van der Waals surface area contributed by atoms with Gasteiger partial charge in [-0.2, -0.15) is 0 Å². The first-order chi connectivity index (χ1) is 8.68. The molecule has 0 atom stereocenters. The fourth-order valence-corrected chi connectivity index (χ4v) is 2.04. The highest BCUT2D eigenvalue weighted by atomic mass is 32.1. The molecule has 1 heterocycles. The lowest BCUT2D eigenvalue weighted by molar-refractivity contribution is 1.10. The first-order valence-electron chi connectivity index (χ1n) is 5.71. The van der Waals surface area contributed by atoms with E-state index in [0.29, 0.717) is 11.5 Å². The van der Waals surface area contributed by atoms with Crippen LogP contribution in [-0.2, 0) is 6.54 Å². The number of hydrogen-bond donors (Lipinski definition) is 2. The molecule has 0 aliphatic carbocycles. The van der Waals surface area contributed by atoms with Crippen LogP contribution < -0.4 is 11.1 Å². The number of nitrogens with one attached hydrogen (secondary N) is 1. The van der Waals surface area contributed by atoms with E-state index in [2.05, 4.69) is 22.4 Å². The SMILES string of the molecule is Cc1ccnc(NCc2ccccc2)c1C(N)=S. The molecule has 0 radical (unpaired) electrons. The Morgan fingerprint density at radius 2 is 2.00 bits per heavy atom. The number of anilines is 1. The van der Waals surface area contributed by atoms with Gasteiger partial charge in [-0.05, 0) is 24.1 Å². The second kappa shape index (κ2) is 5.60. The van der Waals surface area contributed by atoms with Gasteiger partial charge in [0.2, 0.25) is 0 Å². The van der Waals surface area contributed by atoms with Crippen LogP contribution in [0, 0.1) is 6.92 Å². The van der Waals surface area contributed by atoms with E-state index in [1.807, 2.05) is 31.2 Å². The molecule has 0 spiro atoms. The highest BCUT2D eigenvalue weighted by Crippen LogP contribution is 2.17. The third kappa shape index (κ3) is 2.84. The van der Waals surface area contributed by atoms with Crippen LogP contribution in [0.3, 0.4) is 0 Å². The maximum Gasteiger partial charge on any atom is 0.136 e. The van der Waals surface area contributed by atoms with Crippen molar-refractivity contribution in [2.45, 2.75) is 13.5 Å². The van der Waals surface area contributed by atoms with Crippen LogP contribution in [0.5, 0.6) is 0 Å². The van der Waals surface area contributed by atoms with Gasteiger partial charge in [-0.1, -0.05) is 42.5 Å². The van der Waals surface area contributed by atoms with Gasteiger partial charge in [-0.25, -0.2) is 4.98 Å². The summed E-state index contributed by atoms with van der Waals surface area (Å²) in [6.07, 6.45) is 1.75. The zero-order chi connectivity index (χ0) is 13.0. The average molecular weight is 257 g/mol. The minimum atomic E-state index is 0.371. The summed E-state index contributed by atoms with van der Waals surface area (Å²) in [6.45, 7) is 2.68. The van der Waals surface area contributed by atoms with Crippen molar-refractivity contribution in [2.75, 3.05) is 5.32 Å². The molecule has 0 saturated carbocycles. The number of aromatic nitrogens is 1. The van der Waals surface area contributed by atoms with E-state index in [0.717, 1.165) is 16.9 Å². The number of nitrogens with zero attached hydrogens (tertiary/aromatic N) is 1. The summed E-state index contributed by atoms with van der Waals surface area (Å²) < 4.78 is 0. The maximum atomic E-state index is 5.74. The predicted molar refractivity (Wildman–Crippen MR) is 78.6 cm³/mol. The van der Waals surface area contributed by atoms with Crippen LogP contribution in [-0.4, -0.2) is 9.97 Å². The first kappa shape index (κ1) is 12.5. The zero-order valence-electron chi connectivity index (χ0n) is 10.2. The summed E-state index contributed by atoms with van der Waals surface area (Å²) in [7, 11) is 0. The van der Waals surface area contributed by atoms with Gasteiger partial charge < -0.3 is 11.1 Å². The Kier molecular flexibility index (Phi) is 3.89. The molecule has 0 fully saturated rings. The van der Waals surface area contributed by atoms with E-state index in [-0.39, 0.29) is 0 Å². The summed E-state index contributed by atoms with van der Waals surface area (Å²) in [5.74, 6) is 0.742. The highest BCUT2D eigenvalue weighted by molar-refractivity contribution is 7.80. The molecule has 1 aromatic carbocycles. The number of thiocarbonyl (C=S) groups is 1. The molecule has 3 N–H and O–H groups in total. The molecule has 0 unspecified atom stereocenters. The molecule has 92 valence electrons. The van der Waals surface area contributed by atoms with Gasteiger partial charge in [-0.3, -0.25) is 0 Å². The Bertz CT molecular complexity index is 552. The van der Waals surface area contributed by atoms with Crippen molar-refractivity contribution >= 4 is 23.0 Å². The highest BCUT2D eigenvalue weighted by Gasteiger charge is 2.09. The Balaban J connectivity index is 2.20. The number of aryl methyl sites for hydroxylation is 1. The topological polar surface area (TPSA) is 50.9 Å². The fraction of sp³-hybridized carbons (Fsp3) is 0.143. The summed E-state index contributed by atoms with van der Waals surface area (Å²) in [6, 6.07) is 12.0. The zero-order valence-corrected chi connectivity index (χ0v) is 11.0. The summed E-state index contributed by atoms with van der Waals surface area (Å²) in [4.78, 5) is 4.67. The van der Waals surface area contributed by atoms with Crippen LogP contribution in [0.4, 0.5) is 5.82 Å². The van der Waals surface area contributed by atoms with Crippen LogP contribution in [0.2, 0.25) is 0 Å². The van der Waals surface area contributed by atoms with Crippen molar-refractivity contribution in [1.82, 2.24) is 4.98 Å². The Hall–Kier alpha value is -1.94. The second-order valence-corrected chi connectivity index (χ2v) is 4.49. The monoisotopic (exact) mass is 257 g/mol. The van der Waals surface area contributed by atoms with Crippen molar-refractivity contribution in [2.24, 2.45) is 5.73 Å². The Morgan fingerprint density at radius 1 is 1.28 bits per heavy atom. The number of nitrogens with two attached hydrogens (primary N) is 1. The number of rotatable bonds is 4.